The minimum atomic E-state index is -1.60. The Kier molecular flexibility index (Phi) is 3.72. The van der Waals surface area contributed by atoms with Crippen molar-refractivity contribution in [1.29, 1.82) is 5.26 Å². The standard InChI is InChI=1S/C14H16N2O3/c15-10-14(19)7-4-8-16(13(17)18)12(14)9-11-5-2-1-3-6-11/h1-3,5-6,12,19H,4,7-9H2,(H,17,18). The molecule has 1 aliphatic heterocycles. The third-order valence-corrected chi connectivity index (χ3v) is 3.60. The number of carbonyl (C=O) groups is 1. The first-order chi connectivity index (χ1) is 9.07. The van der Waals surface area contributed by atoms with Gasteiger partial charge >= 0.3 is 6.09 Å². The maximum atomic E-state index is 11.3. The van der Waals surface area contributed by atoms with Gasteiger partial charge in [0.05, 0.1) is 12.1 Å². The fraction of sp³-hybridized carbons (Fsp3) is 0.429. The van der Waals surface area contributed by atoms with Crippen molar-refractivity contribution in [2.45, 2.75) is 30.9 Å². The van der Waals surface area contributed by atoms with Gasteiger partial charge in [-0.15, -0.1) is 0 Å². The molecule has 1 heterocycles. The van der Waals surface area contributed by atoms with Crippen molar-refractivity contribution < 1.29 is 15.0 Å². The highest BCUT2D eigenvalue weighted by Crippen LogP contribution is 2.30. The lowest BCUT2D eigenvalue weighted by Gasteiger charge is -2.42. The number of nitrogens with zero attached hydrogens (tertiary/aromatic N) is 2. The maximum absolute atomic E-state index is 11.3. The van der Waals surface area contributed by atoms with Crippen molar-refractivity contribution in [2.75, 3.05) is 6.54 Å². The van der Waals surface area contributed by atoms with Crippen LogP contribution in [0.1, 0.15) is 18.4 Å². The molecular weight excluding hydrogens is 244 g/mol. The fourth-order valence-corrected chi connectivity index (χ4v) is 2.57. The molecule has 0 aromatic heterocycles. The average Bonchev–Trinajstić information content (AvgIpc) is 2.42. The third kappa shape index (κ3) is 2.69. The van der Waals surface area contributed by atoms with Gasteiger partial charge in [-0.1, -0.05) is 30.3 Å². The van der Waals surface area contributed by atoms with Crippen LogP contribution in [-0.4, -0.2) is 39.4 Å². The Morgan fingerprint density at radius 3 is 2.74 bits per heavy atom. The molecule has 19 heavy (non-hydrogen) atoms. The molecule has 5 nitrogen and oxygen atoms in total. The second-order valence-corrected chi connectivity index (χ2v) is 4.82. The largest absolute Gasteiger partial charge is 0.465 e. The Bertz CT molecular complexity index is 497. The smallest absolute Gasteiger partial charge is 0.407 e. The summed E-state index contributed by atoms with van der Waals surface area (Å²) in [6, 6.07) is 10.5. The first-order valence-electron chi connectivity index (χ1n) is 6.24. The van der Waals surface area contributed by atoms with Crippen molar-refractivity contribution in [3.05, 3.63) is 35.9 Å². The molecule has 1 amide bonds. The lowest BCUT2D eigenvalue weighted by Crippen LogP contribution is -2.58. The molecule has 5 heteroatoms. The summed E-state index contributed by atoms with van der Waals surface area (Å²) >= 11 is 0. The van der Waals surface area contributed by atoms with E-state index in [-0.39, 0.29) is 0 Å². The van der Waals surface area contributed by atoms with Crippen molar-refractivity contribution >= 4 is 6.09 Å². The normalized spacial score (nSPS) is 26.7. The van der Waals surface area contributed by atoms with Crippen LogP contribution in [0.4, 0.5) is 4.79 Å². The molecular formula is C14H16N2O3. The van der Waals surface area contributed by atoms with Gasteiger partial charge in [-0.25, -0.2) is 4.79 Å². The zero-order valence-electron chi connectivity index (χ0n) is 10.5. The highest BCUT2D eigenvalue weighted by Gasteiger charge is 2.45. The number of piperidine rings is 1. The van der Waals surface area contributed by atoms with E-state index in [0.29, 0.717) is 25.8 Å². The molecule has 2 unspecified atom stereocenters. The molecule has 0 saturated carbocycles. The van der Waals surface area contributed by atoms with Crippen LogP contribution < -0.4 is 0 Å². The summed E-state index contributed by atoms with van der Waals surface area (Å²) in [6.07, 6.45) is 0.0678. The molecule has 2 atom stereocenters. The van der Waals surface area contributed by atoms with Crippen molar-refractivity contribution in [3.8, 4) is 6.07 Å². The fourth-order valence-electron chi connectivity index (χ4n) is 2.57. The number of aliphatic hydroxyl groups is 1. The number of amides is 1. The van der Waals surface area contributed by atoms with E-state index in [1.807, 2.05) is 36.4 Å². The molecule has 1 fully saturated rings. The molecule has 0 spiro atoms. The number of carboxylic acid groups (broad SMARTS) is 1. The van der Waals surface area contributed by atoms with Gasteiger partial charge < -0.3 is 15.1 Å². The Balaban J connectivity index is 2.29. The molecule has 2 N–H and O–H groups in total. The minimum Gasteiger partial charge on any atom is -0.465 e. The van der Waals surface area contributed by atoms with Gasteiger partial charge in [0.1, 0.15) is 0 Å². The first kappa shape index (κ1) is 13.4. The van der Waals surface area contributed by atoms with E-state index in [4.69, 9.17) is 0 Å². The van der Waals surface area contributed by atoms with Crippen LogP contribution in [0.15, 0.2) is 30.3 Å². The van der Waals surface area contributed by atoms with Crippen LogP contribution in [-0.2, 0) is 6.42 Å². The highest BCUT2D eigenvalue weighted by molar-refractivity contribution is 5.66. The van der Waals surface area contributed by atoms with Crippen LogP contribution in [0.25, 0.3) is 0 Å². The second kappa shape index (κ2) is 5.29. The number of hydrogen-bond donors (Lipinski definition) is 2. The third-order valence-electron chi connectivity index (χ3n) is 3.60. The molecule has 0 aliphatic carbocycles. The predicted octanol–water partition coefficient (Wildman–Crippen LogP) is 1.63. The predicted molar refractivity (Wildman–Crippen MR) is 68.5 cm³/mol. The van der Waals surface area contributed by atoms with E-state index in [2.05, 4.69) is 0 Å². The summed E-state index contributed by atoms with van der Waals surface area (Å²) in [5, 5.41) is 28.8. The summed E-state index contributed by atoms with van der Waals surface area (Å²) < 4.78 is 0. The van der Waals surface area contributed by atoms with Crippen LogP contribution in [0.3, 0.4) is 0 Å². The SMILES string of the molecule is N#CC1(O)CCCN(C(=O)O)C1Cc1ccccc1. The topological polar surface area (TPSA) is 84.6 Å². The number of benzene rings is 1. The van der Waals surface area contributed by atoms with Crippen molar-refractivity contribution in [3.63, 3.8) is 0 Å². The Morgan fingerprint density at radius 1 is 1.47 bits per heavy atom. The highest BCUT2D eigenvalue weighted by atomic mass is 16.4. The molecule has 1 aromatic carbocycles. The zero-order chi connectivity index (χ0) is 13.9. The summed E-state index contributed by atoms with van der Waals surface area (Å²) in [5.41, 5.74) is -0.693. The van der Waals surface area contributed by atoms with E-state index in [9.17, 15) is 20.3 Å². The molecule has 1 aliphatic rings. The monoisotopic (exact) mass is 260 g/mol. The van der Waals surface area contributed by atoms with Gasteiger partial charge in [-0.2, -0.15) is 5.26 Å². The van der Waals surface area contributed by atoms with E-state index in [1.165, 1.54) is 4.90 Å². The second-order valence-electron chi connectivity index (χ2n) is 4.82. The van der Waals surface area contributed by atoms with Gasteiger partial charge in [0, 0.05) is 6.54 Å². The van der Waals surface area contributed by atoms with Gasteiger partial charge in [0.2, 0.25) is 0 Å². The van der Waals surface area contributed by atoms with E-state index < -0.39 is 17.7 Å². The lowest BCUT2D eigenvalue weighted by molar-refractivity contribution is -0.0317. The minimum absolute atomic E-state index is 0.310. The van der Waals surface area contributed by atoms with E-state index in [1.54, 1.807) is 0 Å². The summed E-state index contributed by atoms with van der Waals surface area (Å²) in [6.45, 7) is 0.358. The van der Waals surface area contributed by atoms with Gasteiger partial charge in [-0.05, 0) is 24.8 Å². The maximum Gasteiger partial charge on any atom is 0.407 e. The molecule has 1 saturated heterocycles. The Hall–Kier alpha value is -2.06. The van der Waals surface area contributed by atoms with Gasteiger partial charge in [-0.3, -0.25) is 0 Å². The average molecular weight is 260 g/mol. The zero-order valence-corrected chi connectivity index (χ0v) is 10.5. The van der Waals surface area contributed by atoms with Crippen LogP contribution >= 0.6 is 0 Å². The summed E-state index contributed by atoms with van der Waals surface area (Å²) in [5.74, 6) is 0. The Morgan fingerprint density at radius 2 is 2.16 bits per heavy atom. The molecule has 0 bridgehead atoms. The van der Waals surface area contributed by atoms with E-state index in [0.717, 1.165) is 5.56 Å². The first-order valence-corrected chi connectivity index (χ1v) is 6.24. The van der Waals surface area contributed by atoms with Crippen LogP contribution in [0.2, 0.25) is 0 Å². The number of likely N-dealkylation sites (tertiary alicyclic amines) is 1. The van der Waals surface area contributed by atoms with Crippen molar-refractivity contribution in [2.24, 2.45) is 0 Å². The molecule has 0 radical (unpaired) electrons. The van der Waals surface area contributed by atoms with Gasteiger partial charge in [0.25, 0.3) is 0 Å². The Labute approximate surface area is 111 Å². The molecule has 100 valence electrons. The number of nitriles is 1. The van der Waals surface area contributed by atoms with Gasteiger partial charge in [0.15, 0.2) is 5.60 Å². The van der Waals surface area contributed by atoms with Crippen LogP contribution in [0, 0.1) is 11.3 Å². The molecule has 2 rings (SSSR count). The van der Waals surface area contributed by atoms with E-state index >= 15 is 0 Å². The number of rotatable bonds is 2. The molecule has 1 aromatic rings. The van der Waals surface area contributed by atoms with Crippen LogP contribution in [0.5, 0.6) is 0 Å². The number of hydrogen-bond acceptors (Lipinski definition) is 3. The lowest BCUT2D eigenvalue weighted by atomic mass is 9.82. The summed E-state index contributed by atoms with van der Waals surface area (Å²) in [4.78, 5) is 12.4. The summed E-state index contributed by atoms with van der Waals surface area (Å²) in [7, 11) is 0. The quantitative estimate of drug-likeness (QED) is 0.791. The van der Waals surface area contributed by atoms with Crippen molar-refractivity contribution in [1.82, 2.24) is 4.90 Å².